The summed E-state index contributed by atoms with van der Waals surface area (Å²) in [5, 5.41) is 0. The van der Waals surface area contributed by atoms with Crippen molar-refractivity contribution in [2.75, 3.05) is 17.7 Å². The molecule has 134 valence electrons. The van der Waals surface area contributed by atoms with Crippen LogP contribution in [0.25, 0.3) is 0 Å². The first-order valence-electron chi connectivity index (χ1n) is 7.45. The van der Waals surface area contributed by atoms with Crippen molar-refractivity contribution in [2.45, 2.75) is 24.9 Å². The van der Waals surface area contributed by atoms with E-state index in [0.29, 0.717) is 16.8 Å². The summed E-state index contributed by atoms with van der Waals surface area (Å²) in [6.45, 7) is 3.57. The molecule has 0 aliphatic rings. The molecule has 1 atom stereocenters. The molecule has 25 heavy (non-hydrogen) atoms. The third-order valence-electron chi connectivity index (χ3n) is 3.60. The van der Waals surface area contributed by atoms with Crippen LogP contribution >= 0.6 is 0 Å². The van der Waals surface area contributed by atoms with Gasteiger partial charge in [0.1, 0.15) is 11.6 Å². The van der Waals surface area contributed by atoms with E-state index in [0.717, 1.165) is 22.6 Å². The van der Waals surface area contributed by atoms with E-state index >= 15 is 0 Å². The minimum absolute atomic E-state index is 0.0757. The van der Waals surface area contributed by atoms with Crippen molar-refractivity contribution in [1.82, 2.24) is 4.98 Å². The summed E-state index contributed by atoms with van der Waals surface area (Å²) in [5.74, 6) is -0.0535. The number of amides is 1. The van der Waals surface area contributed by atoms with Crippen LogP contribution in [0.2, 0.25) is 0 Å². The number of halogens is 3. The molecule has 0 saturated carbocycles. The molecule has 8 heteroatoms. The monoisotopic (exact) mass is 370 g/mol. The molecule has 0 N–H and O–H groups in total. The van der Waals surface area contributed by atoms with Crippen LogP contribution in [0.3, 0.4) is 0 Å². The molecule has 1 amide bonds. The zero-order chi connectivity index (χ0) is 18.8. The molecular weight excluding hydrogens is 353 g/mol. The van der Waals surface area contributed by atoms with Gasteiger partial charge in [-0.15, -0.1) is 0 Å². The van der Waals surface area contributed by atoms with Gasteiger partial charge in [0.05, 0.1) is 11.1 Å². The van der Waals surface area contributed by atoms with Crippen LogP contribution < -0.4 is 4.90 Å². The number of benzene rings is 1. The SMILES string of the molecule is CC[S+]([O-])c1cc(C)ccc1C(=O)N(C)c1ccc(C(F)(F)F)cn1. The van der Waals surface area contributed by atoms with E-state index in [1.54, 1.807) is 25.1 Å². The van der Waals surface area contributed by atoms with Crippen molar-refractivity contribution < 1.29 is 22.5 Å². The fourth-order valence-corrected chi connectivity index (χ4v) is 3.22. The van der Waals surface area contributed by atoms with Crippen LogP contribution in [0.1, 0.15) is 28.4 Å². The Hall–Kier alpha value is -2.06. The van der Waals surface area contributed by atoms with E-state index in [1.165, 1.54) is 7.05 Å². The van der Waals surface area contributed by atoms with E-state index in [2.05, 4.69) is 4.98 Å². The lowest BCUT2D eigenvalue weighted by Gasteiger charge is -2.19. The Labute approximate surface area is 146 Å². The molecule has 0 aliphatic carbocycles. The average Bonchev–Trinajstić information content (AvgIpc) is 2.59. The Morgan fingerprint density at radius 1 is 1.28 bits per heavy atom. The molecule has 2 rings (SSSR count). The van der Waals surface area contributed by atoms with Crippen LogP contribution in [-0.4, -0.2) is 28.2 Å². The van der Waals surface area contributed by atoms with Gasteiger partial charge in [-0.2, -0.15) is 13.2 Å². The van der Waals surface area contributed by atoms with E-state index in [4.69, 9.17) is 0 Å². The Bertz CT molecular complexity index is 763. The fraction of sp³-hybridized carbons (Fsp3) is 0.294. The van der Waals surface area contributed by atoms with Crippen molar-refractivity contribution in [2.24, 2.45) is 0 Å². The molecule has 1 heterocycles. The summed E-state index contributed by atoms with van der Waals surface area (Å²) in [7, 11) is 1.41. The van der Waals surface area contributed by atoms with Crippen molar-refractivity contribution in [3.63, 3.8) is 0 Å². The summed E-state index contributed by atoms with van der Waals surface area (Å²) in [6, 6.07) is 6.97. The number of aromatic nitrogens is 1. The molecular formula is C17H17F3N2O2S. The quantitative estimate of drug-likeness (QED) is 0.769. The Kier molecular flexibility index (Phi) is 5.74. The minimum Gasteiger partial charge on any atom is -0.611 e. The number of hydrogen-bond donors (Lipinski definition) is 0. The molecule has 0 fully saturated rings. The molecule has 0 aliphatic heterocycles. The molecule has 0 saturated heterocycles. The zero-order valence-corrected chi connectivity index (χ0v) is 14.7. The van der Waals surface area contributed by atoms with Gasteiger partial charge in [-0.3, -0.25) is 9.69 Å². The van der Waals surface area contributed by atoms with Crippen LogP contribution in [0.15, 0.2) is 41.4 Å². The average molecular weight is 370 g/mol. The summed E-state index contributed by atoms with van der Waals surface area (Å²) in [6.07, 6.45) is -3.81. The van der Waals surface area contributed by atoms with Gasteiger partial charge in [-0.1, -0.05) is 6.07 Å². The molecule has 0 spiro atoms. The van der Waals surface area contributed by atoms with Crippen LogP contribution in [0, 0.1) is 6.92 Å². The van der Waals surface area contributed by atoms with Crippen LogP contribution in [-0.2, 0) is 17.4 Å². The molecule has 1 aromatic carbocycles. The highest BCUT2D eigenvalue weighted by molar-refractivity contribution is 7.91. The van der Waals surface area contributed by atoms with Gasteiger partial charge < -0.3 is 4.55 Å². The van der Waals surface area contributed by atoms with Gasteiger partial charge >= 0.3 is 6.18 Å². The van der Waals surface area contributed by atoms with E-state index < -0.39 is 28.8 Å². The van der Waals surface area contributed by atoms with Gasteiger partial charge in [0.25, 0.3) is 5.91 Å². The predicted molar refractivity (Wildman–Crippen MR) is 90.1 cm³/mol. The Morgan fingerprint density at radius 2 is 1.96 bits per heavy atom. The van der Waals surface area contributed by atoms with Gasteiger partial charge in [-0.25, -0.2) is 4.98 Å². The molecule has 2 aromatic rings. The number of carbonyl (C=O) groups excluding carboxylic acids is 1. The number of pyridine rings is 1. The second-order valence-electron chi connectivity index (χ2n) is 5.40. The standard InChI is InChI=1S/C17H17F3N2O2S/c1-4-25(24)14-9-11(2)5-7-13(14)16(23)22(3)15-8-6-12(10-21-15)17(18,19)20/h5-10H,4H2,1-3H3. The normalized spacial score (nSPS) is 12.8. The number of nitrogens with zero attached hydrogens (tertiary/aromatic N) is 2. The van der Waals surface area contributed by atoms with Crippen molar-refractivity contribution in [3.05, 3.63) is 53.2 Å². The summed E-state index contributed by atoms with van der Waals surface area (Å²) >= 11 is -1.34. The Morgan fingerprint density at radius 3 is 2.48 bits per heavy atom. The largest absolute Gasteiger partial charge is 0.611 e. The first-order chi connectivity index (χ1) is 11.6. The second-order valence-corrected chi connectivity index (χ2v) is 7.11. The summed E-state index contributed by atoms with van der Waals surface area (Å²) < 4.78 is 50.0. The minimum atomic E-state index is -4.49. The smallest absolute Gasteiger partial charge is 0.417 e. The molecule has 0 bridgehead atoms. The number of anilines is 1. The van der Waals surface area contributed by atoms with Gasteiger partial charge in [0, 0.05) is 13.2 Å². The molecule has 1 unspecified atom stereocenters. The lowest BCUT2D eigenvalue weighted by atomic mass is 10.1. The predicted octanol–water partition coefficient (Wildman–Crippen LogP) is 3.81. The van der Waals surface area contributed by atoms with Gasteiger partial charge in [-0.05, 0) is 54.9 Å². The highest BCUT2D eigenvalue weighted by Gasteiger charge is 2.31. The first-order valence-corrected chi connectivity index (χ1v) is 8.77. The third-order valence-corrected chi connectivity index (χ3v) is 4.95. The number of aryl methyl sites for hydroxylation is 1. The lowest BCUT2D eigenvalue weighted by Crippen LogP contribution is -2.29. The van der Waals surface area contributed by atoms with Gasteiger partial charge in [0.15, 0.2) is 4.90 Å². The van der Waals surface area contributed by atoms with Gasteiger partial charge in [0.2, 0.25) is 0 Å². The van der Waals surface area contributed by atoms with E-state index in [-0.39, 0.29) is 11.4 Å². The number of hydrogen-bond acceptors (Lipinski definition) is 3. The van der Waals surface area contributed by atoms with E-state index in [1.807, 2.05) is 6.92 Å². The molecule has 1 aromatic heterocycles. The number of carbonyl (C=O) groups is 1. The fourth-order valence-electron chi connectivity index (χ4n) is 2.19. The van der Waals surface area contributed by atoms with E-state index in [9.17, 15) is 22.5 Å². The highest BCUT2D eigenvalue weighted by Crippen LogP contribution is 2.29. The maximum Gasteiger partial charge on any atom is 0.417 e. The van der Waals surface area contributed by atoms with Crippen LogP contribution in [0.4, 0.5) is 19.0 Å². The summed E-state index contributed by atoms with van der Waals surface area (Å²) in [5.41, 5.74) is 0.221. The summed E-state index contributed by atoms with van der Waals surface area (Å²) in [4.78, 5) is 18.0. The lowest BCUT2D eigenvalue weighted by molar-refractivity contribution is -0.137. The maximum atomic E-state index is 12.7. The highest BCUT2D eigenvalue weighted by atomic mass is 32.2. The maximum absolute atomic E-state index is 12.7. The number of rotatable bonds is 4. The third kappa shape index (κ3) is 4.32. The zero-order valence-electron chi connectivity index (χ0n) is 13.9. The van der Waals surface area contributed by atoms with Crippen LogP contribution in [0.5, 0.6) is 0 Å². The molecule has 4 nitrogen and oxygen atoms in total. The topological polar surface area (TPSA) is 56.3 Å². The van der Waals surface area contributed by atoms with Crippen molar-refractivity contribution >= 4 is 22.9 Å². The molecule has 0 radical (unpaired) electrons. The van der Waals surface area contributed by atoms with Crippen molar-refractivity contribution in [1.29, 1.82) is 0 Å². The number of alkyl halides is 3. The Balaban J connectivity index is 2.34. The van der Waals surface area contributed by atoms with Crippen molar-refractivity contribution in [3.8, 4) is 0 Å². The first kappa shape index (κ1) is 19.3. The second kappa shape index (κ2) is 7.45.